The van der Waals surface area contributed by atoms with Crippen molar-refractivity contribution >= 4 is 29.3 Å². The highest BCUT2D eigenvalue weighted by molar-refractivity contribution is 8.00. The van der Waals surface area contributed by atoms with Crippen molar-refractivity contribution in [3.8, 4) is 0 Å². The molecule has 0 unspecified atom stereocenters. The minimum Gasteiger partial charge on any atom is -0.366 e. The van der Waals surface area contributed by atoms with E-state index in [0.29, 0.717) is 0 Å². The van der Waals surface area contributed by atoms with E-state index >= 15 is 0 Å². The summed E-state index contributed by atoms with van der Waals surface area (Å²) >= 11 is 1.33. The Morgan fingerprint density at radius 1 is 1.32 bits per heavy atom. The fraction of sp³-hybridized carbons (Fsp3) is 0.133. The van der Waals surface area contributed by atoms with Crippen LogP contribution in [0.15, 0.2) is 41.6 Å². The van der Waals surface area contributed by atoms with Gasteiger partial charge in [0, 0.05) is 34.1 Å². The summed E-state index contributed by atoms with van der Waals surface area (Å²) in [4.78, 5) is 27.9. The van der Waals surface area contributed by atoms with Crippen LogP contribution in [0.25, 0.3) is 0 Å². The molecule has 0 atom stereocenters. The third-order valence-electron chi connectivity index (χ3n) is 2.92. The maximum atomic E-state index is 13.7. The number of hydrogen-bond donors (Lipinski definition) is 2. The number of nitrogens with one attached hydrogen (secondary N) is 1. The van der Waals surface area contributed by atoms with E-state index in [9.17, 15) is 14.0 Å². The number of aromatic nitrogens is 1. The van der Waals surface area contributed by atoms with Crippen LogP contribution in [-0.4, -0.2) is 22.6 Å². The Hall–Kier alpha value is -2.41. The summed E-state index contributed by atoms with van der Waals surface area (Å²) in [5.74, 6) is -1.48. The Bertz CT molecular complexity index is 707. The minimum absolute atomic E-state index is 0.0141. The first-order valence-corrected chi connectivity index (χ1v) is 7.38. The molecule has 5 nitrogen and oxygen atoms in total. The number of carbonyl (C=O) groups excluding carboxylic acids is 2. The summed E-state index contributed by atoms with van der Waals surface area (Å²) in [6.45, 7) is 1.52. The van der Waals surface area contributed by atoms with Crippen LogP contribution in [0.2, 0.25) is 0 Å². The zero-order chi connectivity index (χ0) is 16.1. The Kier molecular flexibility index (Phi) is 5.11. The fourth-order valence-electron chi connectivity index (χ4n) is 1.72. The van der Waals surface area contributed by atoms with Crippen LogP contribution in [0.4, 0.5) is 10.1 Å². The molecular weight excluding hydrogens is 305 g/mol. The van der Waals surface area contributed by atoms with Gasteiger partial charge in [-0.25, -0.2) is 4.39 Å². The summed E-state index contributed by atoms with van der Waals surface area (Å²) in [7, 11) is 0. The number of nitrogens with two attached hydrogens (primary N) is 1. The topological polar surface area (TPSA) is 85.1 Å². The Morgan fingerprint density at radius 2 is 2.00 bits per heavy atom. The predicted molar refractivity (Wildman–Crippen MR) is 83.2 cm³/mol. The lowest BCUT2D eigenvalue weighted by molar-refractivity contribution is -0.113. The van der Waals surface area contributed by atoms with E-state index in [1.807, 2.05) is 0 Å². The number of hydrogen-bond acceptors (Lipinski definition) is 4. The average Bonchev–Trinajstić information content (AvgIpc) is 2.50. The molecule has 0 bridgehead atoms. The number of carbonyl (C=O) groups is 2. The maximum absolute atomic E-state index is 13.7. The van der Waals surface area contributed by atoms with E-state index in [1.165, 1.54) is 24.8 Å². The number of primary amides is 1. The molecule has 0 spiro atoms. The van der Waals surface area contributed by atoms with Crippen molar-refractivity contribution in [2.45, 2.75) is 11.8 Å². The van der Waals surface area contributed by atoms with Crippen LogP contribution < -0.4 is 11.1 Å². The van der Waals surface area contributed by atoms with Gasteiger partial charge in [0.25, 0.3) is 0 Å². The smallest absolute Gasteiger partial charge is 0.248 e. The van der Waals surface area contributed by atoms with Crippen LogP contribution >= 0.6 is 11.8 Å². The molecule has 114 valence electrons. The highest BCUT2D eigenvalue weighted by atomic mass is 32.2. The molecular formula is C15H14FN3O2S. The van der Waals surface area contributed by atoms with Gasteiger partial charge >= 0.3 is 0 Å². The molecule has 1 aromatic heterocycles. The van der Waals surface area contributed by atoms with Gasteiger partial charge in [-0.1, -0.05) is 0 Å². The van der Waals surface area contributed by atoms with Gasteiger partial charge in [0.15, 0.2) is 0 Å². The van der Waals surface area contributed by atoms with E-state index < -0.39 is 11.7 Å². The van der Waals surface area contributed by atoms with Crippen LogP contribution in [0.1, 0.15) is 15.9 Å². The first kappa shape index (κ1) is 16.0. The molecule has 22 heavy (non-hydrogen) atoms. The number of nitrogens with zero attached hydrogens (tertiary/aromatic N) is 1. The third kappa shape index (κ3) is 4.05. The number of thioether (sulfide) groups is 1. The van der Waals surface area contributed by atoms with E-state index in [-0.39, 0.29) is 28.5 Å². The third-order valence-corrected chi connectivity index (χ3v) is 3.93. The zero-order valence-electron chi connectivity index (χ0n) is 11.8. The van der Waals surface area contributed by atoms with Crippen LogP contribution in [0.3, 0.4) is 0 Å². The number of pyridine rings is 1. The maximum Gasteiger partial charge on any atom is 0.248 e. The lowest BCUT2D eigenvalue weighted by Crippen LogP contribution is -2.17. The summed E-state index contributed by atoms with van der Waals surface area (Å²) in [6.07, 6.45) is 3.27. The second-order valence-corrected chi connectivity index (χ2v) is 5.56. The van der Waals surface area contributed by atoms with Gasteiger partial charge in [0.1, 0.15) is 5.82 Å². The summed E-state index contributed by atoms with van der Waals surface area (Å²) in [5, 5.41) is 2.59. The largest absolute Gasteiger partial charge is 0.366 e. The fourth-order valence-corrected chi connectivity index (χ4v) is 2.40. The lowest BCUT2D eigenvalue weighted by atomic mass is 10.1. The van der Waals surface area contributed by atoms with Gasteiger partial charge in [0.2, 0.25) is 11.8 Å². The molecule has 3 N–H and O–H groups in total. The Labute approximate surface area is 131 Å². The van der Waals surface area contributed by atoms with E-state index in [2.05, 4.69) is 10.3 Å². The van der Waals surface area contributed by atoms with Gasteiger partial charge in [-0.05, 0) is 31.2 Å². The van der Waals surface area contributed by atoms with Crippen LogP contribution in [0, 0.1) is 12.7 Å². The number of amides is 2. The molecule has 1 heterocycles. The molecule has 0 aliphatic heterocycles. The molecule has 0 radical (unpaired) electrons. The molecule has 0 aliphatic rings. The van der Waals surface area contributed by atoms with E-state index in [4.69, 9.17) is 5.73 Å². The average molecular weight is 319 g/mol. The van der Waals surface area contributed by atoms with Gasteiger partial charge in [-0.15, -0.1) is 11.8 Å². The van der Waals surface area contributed by atoms with Crippen molar-refractivity contribution in [2.24, 2.45) is 5.73 Å². The second-order valence-electron chi connectivity index (χ2n) is 4.51. The molecule has 7 heteroatoms. The van der Waals surface area contributed by atoms with Crippen LogP contribution in [-0.2, 0) is 4.79 Å². The molecule has 2 aromatic rings. The summed E-state index contributed by atoms with van der Waals surface area (Å²) in [6, 6.07) is 6.00. The Morgan fingerprint density at radius 3 is 2.64 bits per heavy atom. The normalized spacial score (nSPS) is 10.3. The monoisotopic (exact) mass is 319 g/mol. The van der Waals surface area contributed by atoms with Crippen LogP contribution in [0.5, 0.6) is 0 Å². The number of benzene rings is 1. The lowest BCUT2D eigenvalue weighted by Gasteiger charge is -2.10. The van der Waals surface area contributed by atoms with Crippen molar-refractivity contribution in [1.82, 2.24) is 4.98 Å². The quantitative estimate of drug-likeness (QED) is 0.829. The highest BCUT2D eigenvalue weighted by Crippen LogP contribution is 2.22. The first-order chi connectivity index (χ1) is 10.5. The highest BCUT2D eigenvalue weighted by Gasteiger charge is 2.12. The first-order valence-electron chi connectivity index (χ1n) is 6.40. The van der Waals surface area contributed by atoms with Crippen molar-refractivity contribution in [3.05, 3.63) is 53.6 Å². The van der Waals surface area contributed by atoms with Crippen molar-refractivity contribution in [2.75, 3.05) is 11.1 Å². The molecule has 0 aliphatic carbocycles. The molecule has 0 saturated carbocycles. The van der Waals surface area contributed by atoms with Gasteiger partial charge in [-0.2, -0.15) is 0 Å². The van der Waals surface area contributed by atoms with E-state index in [1.54, 1.807) is 24.5 Å². The number of rotatable bonds is 5. The molecule has 2 rings (SSSR count). The minimum atomic E-state index is -0.749. The zero-order valence-corrected chi connectivity index (χ0v) is 12.6. The molecule has 0 saturated heterocycles. The standard InChI is InChI=1S/C15H14FN3O2S/c1-9-12(16)6-10(15(17)21)7-13(9)19-14(20)8-22-11-2-4-18-5-3-11/h2-7H,8H2,1H3,(H2,17,21)(H,19,20). The predicted octanol–water partition coefficient (Wildman–Crippen LogP) is 2.36. The van der Waals surface area contributed by atoms with Crippen molar-refractivity contribution in [3.63, 3.8) is 0 Å². The van der Waals surface area contributed by atoms with E-state index in [0.717, 1.165) is 11.0 Å². The van der Waals surface area contributed by atoms with Gasteiger partial charge < -0.3 is 11.1 Å². The van der Waals surface area contributed by atoms with Gasteiger partial charge in [0.05, 0.1) is 5.75 Å². The van der Waals surface area contributed by atoms with Crippen molar-refractivity contribution < 1.29 is 14.0 Å². The number of anilines is 1. The molecule has 1 aromatic carbocycles. The SMILES string of the molecule is Cc1c(F)cc(C(N)=O)cc1NC(=O)CSc1ccncc1. The molecule has 0 fully saturated rings. The van der Waals surface area contributed by atoms with Gasteiger partial charge in [-0.3, -0.25) is 14.6 Å². The summed E-state index contributed by atoms with van der Waals surface area (Å²) < 4.78 is 13.7. The van der Waals surface area contributed by atoms with Crippen molar-refractivity contribution in [1.29, 1.82) is 0 Å². The second kappa shape index (κ2) is 7.04. The Balaban J connectivity index is 2.06. The summed E-state index contributed by atoms with van der Waals surface area (Å²) in [5.41, 5.74) is 5.65. The molecule has 2 amide bonds. The number of halogens is 1.